The van der Waals surface area contributed by atoms with Crippen LogP contribution in [0.1, 0.15) is 27.6 Å². The van der Waals surface area contributed by atoms with Gasteiger partial charge in [0.2, 0.25) is 5.91 Å². The Morgan fingerprint density at radius 3 is 2.63 bits per heavy atom. The minimum atomic E-state index is -0.325. The summed E-state index contributed by atoms with van der Waals surface area (Å²) < 4.78 is 24.4. The SMILES string of the molecule is COc1cc2c(cc1OC)C(c1cccs1)N(C(=O)/C=C/c1cccc(F)c1)CC2. The Morgan fingerprint density at radius 1 is 1.13 bits per heavy atom. The van der Waals surface area contributed by atoms with E-state index in [-0.39, 0.29) is 17.8 Å². The van der Waals surface area contributed by atoms with Crippen molar-refractivity contribution in [1.29, 1.82) is 0 Å². The number of fused-ring (bicyclic) bond motifs is 1. The van der Waals surface area contributed by atoms with Crippen LogP contribution in [0.25, 0.3) is 6.08 Å². The number of nitrogens with zero attached hydrogens (tertiary/aromatic N) is 1. The first-order chi connectivity index (χ1) is 14.6. The summed E-state index contributed by atoms with van der Waals surface area (Å²) in [5, 5.41) is 2.01. The van der Waals surface area contributed by atoms with Crippen molar-refractivity contribution < 1.29 is 18.7 Å². The van der Waals surface area contributed by atoms with Crippen LogP contribution in [0.15, 0.2) is 60.0 Å². The van der Waals surface area contributed by atoms with Gasteiger partial charge in [0.15, 0.2) is 11.5 Å². The second-order valence-corrected chi connectivity index (χ2v) is 7.97. The molecule has 1 unspecified atom stereocenters. The van der Waals surface area contributed by atoms with Gasteiger partial charge in [0.1, 0.15) is 5.82 Å². The molecule has 30 heavy (non-hydrogen) atoms. The van der Waals surface area contributed by atoms with Crippen LogP contribution < -0.4 is 9.47 Å². The lowest BCUT2D eigenvalue weighted by Crippen LogP contribution is -2.39. The molecule has 6 heteroatoms. The number of carbonyl (C=O) groups excluding carboxylic acids is 1. The average Bonchev–Trinajstić information content (AvgIpc) is 3.30. The molecule has 0 bridgehead atoms. The van der Waals surface area contributed by atoms with Gasteiger partial charge in [-0.2, -0.15) is 0 Å². The Balaban J connectivity index is 1.71. The van der Waals surface area contributed by atoms with Crippen LogP contribution in [-0.4, -0.2) is 31.6 Å². The number of ether oxygens (including phenoxy) is 2. The molecule has 0 saturated carbocycles. The van der Waals surface area contributed by atoms with Gasteiger partial charge >= 0.3 is 0 Å². The minimum Gasteiger partial charge on any atom is -0.493 e. The fourth-order valence-electron chi connectivity index (χ4n) is 3.81. The Bertz CT molecular complexity index is 1080. The molecular formula is C24H22FNO3S. The Morgan fingerprint density at radius 2 is 1.93 bits per heavy atom. The fourth-order valence-corrected chi connectivity index (χ4v) is 4.66. The van der Waals surface area contributed by atoms with Gasteiger partial charge < -0.3 is 14.4 Å². The van der Waals surface area contributed by atoms with Crippen molar-refractivity contribution in [3.63, 3.8) is 0 Å². The number of halogens is 1. The second kappa shape index (κ2) is 8.71. The number of carbonyl (C=O) groups is 1. The maximum atomic E-state index is 13.4. The number of thiophene rings is 1. The van der Waals surface area contributed by atoms with Gasteiger partial charge in [0.05, 0.1) is 20.3 Å². The van der Waals surface area contributed by atoms with Gasteiger partial charge in [-0.25, -0.2) is 4.39 Å². The van der Waals surface area contributed by atoms with Crippen molar-refractivity contribution in [2.45, 2.75) is 12.5 Å². The fraction of sp³-hybridized carbons (Fsp3) is 0.208. The van der Waals surface area contributed by atoms with E-state index in [9.17, 15) is 9.18 Å². The van der Waals surface area contributed by atoms with Crippen LogP contribution >= 0.6 is 11.3 Å². The number of methoxy groups -OCH3 is 2. The molecule has 4 nitrogen and oxygen atoms in total. The van der Waals surface area contributed by atoms with Gasteiger partial charge in [0.25, 0.3) is 0 Å². The van der Waals surface area contributed by atoms with E-state index in [0.29, 0.717) is 23.6 Å². The van der Waals surface area contributed by atoms with Crippen LogP contribution in [0.2, 0.25) is 0 Å². The summed E-state index contributed by atoms with van der Waals surface area (Å²) in [6.07, 6.45) is 3.89. The minimum absolute atomic E-state index is 0.113. The second-order valence-electron chi connectivity index (χ2n) is 6.99. The molecule has 0 fully saturated rings. The normalized spacial score (nSPS) is 15.8. The zero-order chi connectivity index (χ0) is 21.1. The maximum absolute atomic E-state index is 13.4. The van der Waals surface area contributed by atoms with Crippen molar-refractivity contribution in [3.8, 4) is 11.5 Å². The summed E-state index contributed by atoms with van der Waals surface area (Å²) in [4.78, 5) is 16.1. The van der Waals surface area contributed by atoms with Crippen molar-refractivity contribution in [1.82, 2.24) is 4.90 Å². The van der Waals surface area contributed by atoms with E-state index in [1.54, 1.807) is 43.8 Å². The molecule has 0 aliphatic carbocycles. The highest BCUT2D eigenvalue weighted by Crippen LogP contribution is 2.42. The summed E-state index contributed by atoms with van der Waals surface area (Å²) in [5.41, 5.74) is 2.83. The van der Waals surface area contributed by atoms with Crippen LogP contribution in [0.5, 0.6) is 11.5 Å². The third-order valence-electron chi connectivity index (χ3n) is 5.24. The molecule has 1 atom stereocenters. The van der Waals surface area contributed by atoms with Crippen molar-refractivity contribution in [3.05, 3.63) is 87.4 Å². The van der Waals surface area contributed by atoms with Gasteiger partial charge in [-0.05, 0) is 64.9 Å². The average molecular weight is 424 g/mol. The zero-order valence-electron chi connectivity index (χ0n) is 16.8. The molecule has 3 aromatic rings. The van der Waals surface area contributed by atoms with Gasteiger partial charge in [-0.1, -0.05) is 18.2 Å². The molecule has 2 aromatic carbocycles. The molecule has 0 radical (unpaired) electrons. The highest BCUT2D eigenvalue weighted by atomic mass is 32.1. The number of hydrogen-bond acceptors (Lipinski definition) is 4. The monoisotopic (exact) mass is 423 g/mol. The molecule has 154 valence electrons. The van der Waals surface area contributed by atoms with Crippen molar-refractivity contribution in [2.75, 3.05) is 20.8 Å². The highest BCUT2D eigenvalue weighted by molar-refractivity contribution is 7.10. The smallest absolute Gasteiger partial charge is 0.247 e. The number of rotatable bonds is 5. The summed E-state index contributed by atoms with van der Waals surface area (Å²) in [6, 6.07) is 14.0. The predicted octanol–water partition coefficient (Wildman–Crippen LogP) is 5.09. The Hall–Kier alpha value is -3.12. The standard InChI is InChI=1S/C24H22FNO3S/c1-28-20-14-17-10-11-26(23(27)9-8-16-5-3-6-18(25)13-16)24(22-7-4-12-30-22)19(17)15-21(20)29-2/h3-9,12-15,24H,10-11H2,1-2H3/b9-8+. The molecule has 1 aromatic heterocycles. The third-order valence-corrected chi connectivity index (χ3v) is 6.16. The lowest BCUT2D eigenvalue weighted by molar-refractivity contribution is -0.127. The highest BCUT2D eigenvalue weighted by Gasteiger charge is 2.33. The predicted molar refractivity (Wildman–Crippen MR) is 117 cm³/mol. The maximum Gasteiger partial charge on any atom is 0.247 e. The van der Waals surface area contributed by atoms with E-state index in [1.165, 1.54) is 18.2 Å². The molecule has 0 saturated heterocycles. The number of amides is 1. The van der Waals surface area contributed by atoms with Gasteiger partial charge in [0, 0.05) is 17.5 Å². The molecule has 1 aliphatic heterocycles. The van der Waals surface area contributed by atoms with Gasteiger partial charge in [-0.15, -0.1) is 11.3 Å². The number of benzene rings is 2. The molecule has 0 N–H and O–H groups in total. The molecule has 2 heterocycles. The number of hydrogen-bond donors (Lipinski definition) is 0. The zero-order valence-corrected chi connectivity index (χ0v) is 17.6. The molecule has 1 aliphatic rings. The van der Waals surface area contributed by atoms with Gasteiger partial charge in [-0.3, -0.25) is 4.79 Å². The van der Waals surface area contributed by atoms with Crippen molar-refractivity contribution in [2.24, 2.45) is 0 Å². The van der Waals surface area contributed by atoms with E-state index in [4.69, 9.17) is 9.47 Å². The topological polar surface area (TPSA) is 38.8 Å². The van der Waals surface area contributed by atoms with E-state index >= 15 is 0 Å². The third kappa shape index (κ3) is 3.96. The summed E-state index contributed by atoms with van der Waals surface area (Å²) >= 11 is 1.61. The largest absolute Gasteiger partial charge is 0.493 e. The quantitative estimate of drug-likeness (QED) is 0.537. The van der Waals surface area contributed by atoms with Crippen LogP contribution in [0.4, 0.5) is 4.39 Å². The molecule has 4 rings (SSSR count). The van der Waals surface area contributed by atoms with E-state index in [1.807, 2.05) is 34.5 Å². The summed E-state index contributed by atoms with van der Waals surface area (Å²) in [5.74, 6) is 0.890. The van der Waals surface area contributed by atoms with E-state index in [2.05, 4.69) is 0 Å². The van der Waals surface area contributed by atoms with Crippen molar-refractivity contribution >= 4 is 23.3 Å². The van der Waals surface area contributed by atoms with Crippen LogP contribution in [-0.2, 0) is 11.2 Å². The van der Waals surface area contributed by atoms with E-state index in [0.717, 1.165) is 22.4 Å². The summed E-state index contributed by atoms with van der Waals surface area (Å²) in [6.45, 7) is 0.581. The Labute approximate surface area is 179 Å². The lowest BCUT2D eigenvalue weighted by Gasteiger charge is -2.37. The first-order valence-corrected chi connectivity index (χ1v) is 10.5. The molecular weight excluding hydrogens is 401 g/mol. The first kappa shape index (κ1) is 20.2. The first-order valence-electron chi connectivity index (χ1n) is 9.63. The van der Waals surface area contributed by atoms with E-state index < -0.39 is 0 Å². The molecule has 0 spiro atoms. The Kier molecular flexibility index (Phi) is 5.86. The van der Waals surface area contributed by atoms with Crippen LogP contribution in [0, 0.1) is 5.82 Å². The molecule has 1 amide bonds. The summed E-state index contributed by atoms with van der Waals surface area (Å²) in [7, 11) is 3.23. The lowest BCUT2D eigenvalue weighted by atomic mass is 9.90. The van der Waals surface area contributed by atoms with Crippen LogP contribution in [0.3, 0.4) is 0 Å².